The van der Waals surface area contributed by atoms with E-state index in [2.05, 4.69) is 166 Å². The lowest BCUT2D eigenvalue weighted by atomic mass is 9.78. The van der Waals surface area contributed by atoms with Gasteiger partial charge in [-0.1, -0.05) is 143 Å². The maximum absolute atomic E-state index is 3.72. The SMILES string of the molecule is CCCCC#Cc1cc(C(C)(C)C)cc(-c2cc(C(C)(C)C)cc(C#C[Si](C)(C)C)c2C#C[Si](C)(C)C)c1C#CCCCC. The first-order valence-corrected chi connectivity index (χ1v) is 23.7. The van der Waals surface area contributed by atoms with E-state index in [0.717, 1.165) is 71.9 Å². The minimum atomic E-state index is -1.67. The second kappa shape index (κ2) is 15.4. The fourth-order valence-corrected chi connectivity index (χ4v) is 5.40. The fourth-order valence-electron chi connectivity index (χ4n) is 4.39. The highest BCUT2D eigenvalue weighted by molar-refractivity contribution is 6.84. The number of rotatable bonds is 5. The van der Waals surface area contributed by atoms with Gasteiger partial charge in [0.2, 0.25) is 0 Å². The molecule has 44 heavy (non-hydrogen) atoms. The van der Waals surface area contributed by atoms with E-state index in [1.54, 1.807) is 0 Å². The Balaban J connectivity index is 3.27. The molecule has 0 N–H and O–H groups in total. The summed E-state index contributed by atoms with van der Waals surface area (Å²) in [7, 11) is -3.29. The molecule has 2 rings (SSSR count). The molecule has 0 nitrogen and oxygen atoms in total. The third kappa shape index (κ3) is 11.9. The summed E-state index contributed by atoms with van der Waals surface area (Å²) in [5.74, 6) is 21.6. The molecule has 0 spiro atoms. The molecule has 0 fully saturated rings. The van der Waals surface area contributed by atoms with Gasteiger partial charge in [0, 0.05) is 46.2 Å². The summed E-state index contributed by atoms with van der Waals surface area (Å²) >= 11 is 0. The van der Waals surface area contributed by atoms with Crippen LogP contribution in [-0.4, -0.2) is 16.1 Å². The minimum absolute atomic E-state index is 0.0466. The van der Waals surface area contributed by atoms with Gasteiger partial charge in [-0.05, 0) is 59.1 Å². The monoisotopic (exact) mass is 618 g/mol. The first-order chi connectivity index (χ1) is 20.3. The molecule has 2 aromatic carbocycles. The van der Waals surface area contributed by atoms with Gasteiger partial charge in [-0.25, -0.2) is 0 Å². The predicted molar refractivity (Wildman–Crippen MR) is 203 cm³/mol. The van der Waals surface area contributed by atoms with Gasteiger partial charge in [0.05, 0.1) is 0 Å². The first kappa shape index (κ1) is 37.3. The number of hydrogen-bond donors (Lipinski definition) is 0. The molecule has 2 heteroatoms. The molecule has 2 aromatic rings. The Morgan fingerprint density at radius 2 is 0.909 bits per heavy atom. The van der Waals surface area contributed by atoms with E-state index < -0.39 is 16.1 Å². The van der Waals surface area contributed by atoms with Gasteiger partial charge < -0.3 is 0 Å². The molecule has 0 atom stereocenters. The highest BCUT2D eigenvalue weighted by atomic mass is 28.3. The molecule has 0 unspecified atom stereocenters. The van der Waals surface area contributed by atoms with Crippen LogP contribution in [0.3, 0.4) is 0 Å². The molecule has 0 radical (unpaired) electrons. The van der Waals surface area contributed by atoms with E-state index >= 15 is 0 Å². The lowest BCUT2D eigenvalue weighted by Gasteiger charge is -2.25. The molecular formula is C42H58Si2. The van der Waals surface area contributed by atoms with Crippen LogP contribution in [0.25, 0.3) is 11.1 Å². The van der Waals surface area contributed by atoms with Crippen LogP contribution in [0, 0.1) is 46.6 Å². The van der Waals surface area contributed by atoms with E-state index in [9.17, 15) is 0 Å². The lowest BCUT2D eigenvalue weighted by molar-refractivity contribution is 0.589. The second-order valence-electron chi connectivity index (χ2n) is 16.2. The van der Waals surface area contributed by atoms with Crippen LogP contribution in [0.2, 0.25) is 39.3 Å². The molecule has 234 valence electrons. The van der Waals surface area contributed by atoms with Crippen molar-refractivity contribution in [1.29, 1.82) is 0 Å². The Kier molecular flexibility index (Phi) is 13.1. The first-order valence-electron chi connectivity index (χ1n) is 16.7. The van der Waals surface area contributed by atoms with Crippen LogP contribution in [-0.2, 0) is 10.8 Å². The maximum Gasteiger partial charge on any atom is 0.129 e. The van der Waals surface area contributed by atoms with Gasteiger partial charge in [0.25, 0.3) is 0 Å². The summed E-state index contributed by atoms with van der Waals surface area (Å²) in [6, 6.07) is 9.34. The fraction of sp³-hybridized carbons (Fsp3) is 0.524. The van der Waals surface area contributed by atoms with Crippen LogP contribution in [0.1, 0.15) is 127 Å². The highest BCUT2D eigenvalue weighted by Gasteiger charge is 2.24. The Bertz CT molecular complexity index is 1560. The van der Waals surface area contributed by atoms with Crippen molar-refractivity contribution >= 4 is 16.1 Å². The molecule has 0 aliphatic carbocycles. The Hall–Kier alpha value is -2.89. The van der Waals surface area contributed by atoms with Gasteiger partial charge in [-0.2, -0.15) is 0 Å². The number of unbranched alkanes of at least 4 members (excludes halogenated alkanes) is 4. The minimum Gasteiger partial charge on any atom is -0.127 e. The summed E-state index contributed by atoms with van der Waals surface area (Å²) in [5, 5.41) is 0. The van der Waals surface area contributed by atoms with Crippen molar-refractivity contribution in [2.24, 2.45) is 0 Å². The number of benzene rings is 2. The molecular weight excluding hydrogens is 561 g/mol. The lowest BCUT2D eigenvalue weighted by Crippen LogP contribution is -2.17. The molecule has 0 aromatic heterocycles. The van der Waals surface area contributed by atoms with E-state index in [1.165, 1.54) is 11.1 Å². The van der Waals surface area contributed by atoms with E-state index in [1.807, 2.05) is 0 Å². The second-order valence-corrected chi connectivity index (χ2v) is 25.7. The van der Waals surface area contributed by atoms with Crippen molar-refractivity contribution in [2.45, 2.75) is 144 Å². The molecule has 0 saturated carbocycles. The third-order valence-corrected chi connectivity index (χ3v) is 8.93. The van der Waals surface area contributed by atoms with Gasteiger partial charge in [-0.3, -0.25) is 0 Å². The van der Waals surface area contributed by atoms with Crippen LogP contribution in [0.5, 0.6) is 0 Å². The molecule has 0 saturated heterocycles. The molecule has 0 heterocycles. The van der Waals surface area contributed by atoms with Gasteiger partial charge in [0.1, 0.15) is 16.1 Å². The van der Waals surface area contributed by atoms with Crippen molar-refractivity contribution in [3.8, 4) is 57.7 Å². The van der Waals surface area contributed by atoms with Gasteiger partial charge in [0.15, 0.2) is 0 Å². The molecule has 0 bridgehead atoms. The van der Waals surface area contributed by atoms with Crippen molar-refractivity contribution in [3.63, 3.8) is 0 Å². The van der Waals surface area contributed by atoms with Crippen molar-refractivity contribution in [1.82, 2.24) is 0 Å². The third-order valence-electron chi connectivity index (χ3n) is 7.18. The van der Waals surface area contributed by atoms with Gasteiger partial charge in [-0.15, -0.1) is 11.1 Å². The Morgan fingerprint density at radius 3 is 1.32 bits per heavy atom. The van der Waals surface area contributed by atoms with Gasteiger partial charge >= 0.3 is 0 Å². The van der Waals surface area contributed by atoms with E-state index in [0.29, 0.717) is 0 Å². The largest absolute Gasteiger partial charge is 0.129 e. The van der Waals surface area contributed by atoms with E-state index in [-0.39, 0.29) is 10.8 Å². The van der Waals surface area contributed by atoms with Crippen molar-refractivity contribution < 1.29 is 0 Å². The quantitative estimate of drug-likeness (QED) is 0.178. The average Bonchev–Trinajstić information content (AvgIpc) is 2.89. The van der Waals surface area contributed by atoms with Crippen LogP contribution in [0.4, 0.5) is 0 Å². The number of hydrogen-bond acceptors (Lipinski definition) is 0. The summed E-state index contributed by atoms with van der Waals surface area (Å²) in [5.41, 5.74) is 16.2. The van der Waals surface area contributed by atoms with E-state index in [4.69, 9.17) is 0 Å². The summed E-state index contributed by atoms with van der Waals surface area (Å²) in [4.78, 5) is 0. The summed E-state index contributed by atoms with van der Waals surface area (Å²) in [6.07, 6.45) is 6.28. The standard InChI is InChI=1S/C42H58Si2/c1-15-17-19-21-23-33-29-35(41(3,4)5)31-39(37(33)24-22-20-18-16-2)40-32-36(42(6,7)8)30-34(25-27-43(9,10)11)38(40)26-28-44(12,13)14/h29-32H,15-20H2,1-14H3. The maximum atomic E-state index is 3.72. The molecule has 0 aliphatic rings. The normalized spacial score (nSPS) is 11.7. The predicted octanol–water partition coefficient (Wildman–Crippen LogP) is 11.5. The van der Waals surface area contributed by atoms with Crippen LogP contribution < -0.4 is 0 Å². The van der Waals surface area contributed by atoms with Crippen molar-refractivity contribution in [2.75, 3.05) is 0 Å². The molecule has 0 aliphatic heterocycles. The van der Waals surface area contributed by atoms with Crippen LogP contribution in [0.15, 0.2) is 24.3 Å². The molecule has 0 amide bonds. The Morgan fingerprint density at radius 1 is 0.523 bits per heavy atom. The zero-order valence-electron chi connectivity index (χ0n) is 30.6. The topological polar surface area (TPSA) is 0 Å². The zero-order chi connectivity index (χ0) is 33.3. The summed E-state index contributed by atoms with van der Waals surface area (Å²) in [6.45, 7) is 32.0. The average molecular weight is 619 g/mol. The zero-order valence-corrected chi connectivity index (χ0v) is 32.6. The highest BCUT2D eigenvalue weighted by Crippen LogP contribution is 2.38. The summed E-state index contributed by atoms with van der Waals surface area (Å²) < 4.78 is 0. The smallest absolute Gasteiger partial charge is 0.127 e. The van der Waals surface area contributed by atoms with Crippen LogP contribution >= 0.6 is 0 Å². The van der Waals surface area contributed by atoms with Crippen molar-refractivity contribution in [3.05, 3.63) is 57.6 Å². The Labute approximate surface area is 274 Å².